The van der Waals surface area contributed by atoms with Crippen LogP contribution in [0.3, 0.4) is 0 Å². The first-order valence-corrected chi connectivity index (χ1v) is 4.87. The number of hydrogen-bond donors (Lipinski definition) is 0. The zero-order chi connectivity index (χ0) is 9.14. The summed E-state index contributed by atoms with van der Waals surface area (Å²) < 4.78 is 4.95. The maximum atomic E-state index is 11.2. The van der Waals surface area contributed by atoms with Gasteiger partial charge >= 0.3 is 5.97 Å². The molecule has 1 saturated carbocycles. The van der Waals surface area contributed by atoms with Crippen molar-refractivity contribution >= 4 is 5.97 Å². The quantitative estimate of drug-likeness (QED) is 0.605. The van der Waals surface area contributed by atoms with E-state index in [1.165, 1.54) is 6.42 Å². The molecule has 1 aliphatic rings. The molecule has 0 heterocycles. The number of ether oxygens (including phenoxy) is 1. The number of carbonyl (C=O) groups excluding carboxylic acids is 1. The van der Waals surface area contributed by atoms with Crippen molar-refractivity contribution in [3.8, 4) is 0 Å². The zero-order valence-corrected chi connectivity index (χ0v) is 8.17. The Balaban J connectivity index is 2.27. The molecular weight excluding hydrogens is 152 g/mol. The van der Waals surface area contributed by atoms with Gasteiger partial charge in [-0.15, -0.1) is 0 Å². The highest BCUT2D eigenvalue weighted by Crippen LogP contribution is 2.45. The fraction of sp³-hybridized carbons (Fsp3) is 0.900. The highest BCUT2D eigenvalue weighted by atomic mass is 16.5. The normalized spacial score (nSPS) is 29.6. The van der Waals surface area contributed by atoms with Gasteiger partial charge in [-0.3, -0.25) is 4.79 Å². The largest absolute Gasteiger partial charge is 0.466 e. The van der Waals surface area contributed by atoms with Crippen LogP contribution in [-0.4, -0.2) is 12.6 Å². The van der Waals surface area contributed by atoms with Crippen LogP contribution >= 0.6 is 0 Å². The summed E-state index contributed by atoms with van der Waals surface area (Å²) in [6.45, 7) is 6.76. The third-order valence-corrected chi connectivity index (χ3v) is 2.80. The molecule has 1 rings (SSSR count). The second-order valence-corrected chi connectivity index (χ2v) is 3.64. The van der Waals surface area contributed by atoms with Gasteiger partial charge in [-0.25, -0.2) is 0 Å². The van der Waals surface area contributed by atoms with Crippen LogP contribution in [0.25, 0.3) is 0 Å². The van der Waals surface area contributed by atoms with Crippen molar-refractivity contribution < 1.29 is 9.53 Å². The minimum atomic E-state index is 0.0165. The van der Waals surface area contributed by atoms with Crippen LogP contribution in [0.5, 0.6) is 0 Å². The molecule has 2 nitrogen and oxygen atoms in total. The summed E-state index contributed by atoms with van der Waals surface area (Å²) in [5.74, 6) is 1.52. The van der Waals surface area contributed by atoms with Crippen molar-refractivity contribution in [2.75, 3.05) is 6.61 Å². The molecule has 0 spiro atoms. The first kappa shape index (κ1) is 9.56. The van der Waals surface area contributed by atoms with Crippen LogP contribution in [0.4, 0.5) is 0 Å². The van der Waals surface area contributed by atoms with Crippen LogP contribution in [0.15, 0.2) is 0 Å². The lowest BCUT2D eigenvalue weighted by atomic mass is 10.0. The summed E-state index contributed by atoms with van der Waals surface area (Å²) in [6.07, 6.45) is 2.22. The van der Waals surface area contributed by atoms with Crippen molar-refractivity contribution in [1.29, 1.82) is 0 Å². The van der Waals surface area contributed by atoms with Crippen molar-refractivity contribution in [1.82, 2.24) is 0 Å². The predicted octanol–water partition coefficient (Wildman–Crippen LogP) is 2.23. The van der Waals surface area contributed by atoms with Gasteiger partial charge in [0.05, 0.1) is 12.5 Å². The van der Waals surface area contributed by atoms with Gasteiger partial charge < -0.3 is 4.74 Å². The van der Waals surface area contributed by atoms with Gasteiger partial charge in [0.2, 0.25) is 0 Å². The Hall–Kier alpha value is -0.530. The minimum absolute atomic E-state index is 0.0165. The van der Waals surface area contributed by atoms with E-state index in [4.69, 9.17) is 4.74 Å². The van der Waals surface area contributed by atoms with Crippen LogP contribution in [0.1, 0.15) is 33.6 Å². The molecule has 1 aliphatic carbocycles. The Morgan fingerprint density at radius 2 is 2.25 bits per heavy atom. The standard InChI is InChI=1S/C10H18O2/c1-4-7(3)8-6-9(8)10(11)12-5-2/h7-9H,4-6H2,1-3H3. The van der Waals surface area contributed by atoms with E-state index in [0.29, 0.717) is 18.4 Å². The maximum Gasteiger partial charge on any atom is 0.309 e. The Labute approximate surface area is 74.3 Å². The molecule has 12 heavy (non-hydrogen) atoms. The van der Waals surface area contributed by atoms with Gasteiger partial charge in [-0.05, 0) is 25.2 Å². The van der Waals surface area contributed by atoms with E-state index in [9.17, 15) is 4.79 Å². The summed E-state index contributed by atoms with van der Waals surface area (Å²) >= 11 is 0. The second kappa shape index (κ2) is 3.92. The summed E-state index contributed by atoms with van der Waals surface area (Å²) in [5, 5.41) is 0. The number of esters is 1. The van der Waals surface area contributed by atoms with Crippen LogP contribution < -0.4 is 0 Å². The van der Waals surface area contributed by atoms with Crippen LogP contribution in [0, 0.1) is 17.8 Å². The van der Waals surface area contributed by atoms with Gasteiger partial charge in [0.1, 0.15) is 0 Å². The summed E-state index contributed by atoms with van der Waals surface area (Å²) in [4.78, 5) is 11.2. The van der Waals surface area contributed by atoms with E-state index >= 15 is 0 Å². The van der Waals surface area contributed by atoms with Gasteiger partial charge in [0, 0.05) is 0 Å². The van der Waals surface area contributed by atoms with E-state index in [0.717, 1.165) is 6.42 Å². The molecule has 0 radical (unpaired) electrons. The molecule has 0 amide bonds. The predicted molar refractivity (Wildman–Crippen MR) is 47.7 cm³/mol. The highest BCUT2D eigenvalue weighted by Gasteiger charge is 2.46. The lowest BCUT2D eigenvalue weighted by Crippen LogP contribution is -2.09. The molecule has 3 atom stereocenters. The monoisotopic (exact) mass is 170 g/mol. The fourth-order valence-corrected chi connectivity index (χ4v) is 1.67. The molecular formula is C10H18O2. The third-order valence-electron chi connectivity index (χ3n) is 2.80. The molecule has 0 N–H and O–H groups in total. The molecule has 0 bridgehead atoms. The Morgan fingerprint density at radius 3 is 2.75 bits per heavy atom. The van der Waals surface area contributed by atoms with E-state index in [-0.39, 0.29) is 11.9 Å². The van der Waals surface area contributed by atoms with E-state index in [1.807, 2.05) is 6.92 Å². The Kier molecular flexibility index (Phi) is 3.12. The number of rotatable bonds is 4. The summed E-state index contributed by atoms with van der Waals surface area (Å²) in [7, 11) is 0. The average molecular weight is 170 g/mol. The summed E-state index contributed by atoms with van der Waals surface area (Å²) in [6, 6.07) is 0. The van der Waals surface area contributed by atoms with Crippen LogP contribution in [0.2, 0.25) is 0 Å². The van der Waals surface area contributed by atoms with Crippen molar-refractivity contribution in [3.05, 3.63) is 0 Å². The van der Waals surface area contributed by atoms with Gasteiger partial charge in [-0.2, -0.15) is 0 Å². The molecule has 0 saturated heterocycles. The topological polar surface area (TPSA) is 26.3 Å². The Morgan fingerprint density at radius 1 is 1.58 bits per heavy atom. The molecule has 0 aromatic carbocycles. The van der Waals surface area contributed by atoms with Gasteiger partial charge in [0.25, 0.3) is 0 Å². The van der Waals surface area contributed by atoms with Gasteiger partial charge in [-0.1, -0.05) is 20.3 Å². The molecule has 1 fully saturated rings. The Bertz CT molecular complexity index is 165. The molecule has 70 valence electrons. The average Bonchev–Trinajstić information content (AvgIpc) is 2.82. The van der Waals surface area contributed by atoms with Crippen LogP contribution in [-0.2, 0) is 9.53 Å². The number of hydrogen-bond acceptors (Lipinski definition) is 2. The SMILES string of the molecule is CCOC(=O)C1CC1C(C)CC. The van der Waals surface area contributed by atoms with E-state index < -0.39 is 0 Å². The first-order valence-electron chi connectivity index (χ1n) is 4.87. The number of carbonyl (C=O) groups is 1. The molecule has 0 aromatic heterocycles. The summed E-state index contributed by atoms with van der Waals surface area (Å²) in [5.41, 5.74) is 0. The molecule has 3 unspecified atom stereocenters. The smallest absolute Gasteiger partial charge is 0.309 e. The first-order chi connectivity index (χ1) is 5.70. The molecule has 0 aromatic rings. The zero-order valence-electron chi connectivity index (χ0n) is 8.17. The fourth-order valence-electron chi connectivity index (χ4n) is 1.67. The molecule has 0 aliphatic heterocycles. The lowest BCUT2D eigenvalue weighted by Gasteiger charge is -2.06. The van der Waals surface area contributed by atoms with Gasteiger partial charge in [0.15, 0.2) is 0 Å². The lowest BCUT2D eigenvalue weighted by molar-refractivity contribution is -0.145. The third kappa shape index (κ3) is 1.99. The second-order valence-electron chi connectivity index (χ2n) is 3.64. The van der Waals surface area contributed by atoms with Crippen molar-refractivity contribution in [2.24, 2.45) is 17.8 Å². The van der Waals surface area contributed by atoms with E-state index in [1.54, 1.807) is 0 Å². The molecule has 2 heteroatoms. The minimum Gasteiger partial charge on any atom is -0.466 e. The maximum absolute atomic E-state index is 11.2. The van der Waals surface area contributed by atoms with Crippen molar-refractivity contribution in [3.63, 3.8) is 0 Å². The highest BCUT2D eigenvalue weighted by molar-refractivity contribution is 5.75. The van der Waals surface area contributed by atoms with E-state index in [2.05, 4.69) is 13.8 Å². The van der Waals surface area contributed by atoms with Crippen molar-refractivity contribution in [2.45, 2.75) is 33.6 Å².